The molecule has 0 bridgehead atoms. The molecule has 2 nitrogen and oxygen atoms in total. The molecule has 0 atom stereocenters. The lowest BCUT2D eigenvalue weighted by Gasteiger charge is -2.00. The van der Waals surface area contributed by atoms with Crippen LogP contribution in [0.5, 0.6) is 0 Å². The minimum atomic E-state index is -0.0331. The molecule has 2 N–H and O–H groups in total. The molecule has 0 rings (SSSR count). The molecular formula is C7H14O2. The largest absolute Gasteiger partial charge is 0.392 e. The highest BCUT2D eigenvalue weighted by molar-refractivity contribution is 5.03. The van der Waals surface area contributed by atoms with Gasteiger partial charge in [0.15, 0.2) is 0 Å². The quantitative estimate of drug-likeness (QED) is 0.548. The van der Waals surface area contributed by atoms with Crippen LogP contribution in [0.2, 0.25) is 0 Å². The fraction of sp³-hybridized carbons (Fsp3) is 0.714. The molecule has 0 heterocycles. The second-order valence-electron chi connectivity index (χ2n) is 2.39. The summed E-state index contributed by atoms with van der Waals surface area (Å²) in [7, 11) is 0. The molecule has 0 aromatic heterocycles. The lowest BCUT2D eigenvalue weighted by molar-refractivity contribution is 0.275. The van der Waals surface area contributed by atoms with E-state index in [9.17, 15) is 0 Å². The first-order valence-corrected chi connectivity index (χ1v) is 3.12. The van der Waals surface area contributed by atoms with Crippen LogP contribution in [0, 0.1) is 5.92 Å². The molecule has 0 aromatic carbocycles. The lowest BCUT2D eigenvalue weighted by Crippen LogP contribution is -1.97. The maximum Gasteiger partial charge on any atom is 0.0663 e. The number of rotatable bonds is 3. The van der Waals surface area contributed by atoms with E-state index in [1.807, 2.05) is 19.9 Å². The Hall–Kier alpha value is -0.340. The highest BCUT2D eigenvalue weighted by atomic mass is 16.3. The minimum Gasteiger partial charge on any atom is -0.392 e. The van der Waals surface area contributed by atoms with Gasteiger partial charge in [-0.1, -0.05) is 19.9 Å². The molecule has 0 unspecified atom stereocenters. The molecular weight excluding hydrogens is 116 g/mol. The van der Waals surface area contributed by atoms with Gasteiger partial charge >= 0.3 is 0 Å². The van der Waals surface area contributed by atoms with Crippen molar-refractivity contribution in [3.8, 4) is 0 Å². The van der Waals surface area contributed by atoms with E-state index >= 15 is 0 Å². The second-order valence-corrected chi connectivity index (χ2v) is 2.39. The zero-order valence-corrected chi connectivity index (χ0v) is 5.96. The number of aliphatic hydroxyl groups excluding tert-OH is 2. The normalized spacial score (nSPS) is 9.89. The van der Waals surface area contributed by atoms with Gasteiger partial charge in [0.1, 0.15) is 0 Å². The standard InChI is InChI=1S/C7H14O2/c1-6(2)3-7(4-8)5-9/h3,6,8-9H,4-5H2,1-2H3. The van der Waals surface area contributed by atoms with E-state index in [1.54, 1.807) is 0 Å². The van der Waals surface area contributed by atoms with Gasteiger partial charge in [-0.3, -0.25) is 0 Å². The van der Waals surface area contributed by atoms with Crippen molar-refractivity contribution in [1.29, 1.82) is 0 Å². The van der Waals surface area contributed by atoms with Gasteiger partial charge < -0.3 is 10.2 Å². The van der Waals surface area contributed by atoms with Crippen molar-refractivity contribution < 1.29 is 10.2 Å². The van der Waals surface area contributed by atoms with E-state index < -0.39 is 0 Å². The fourth-order valence-electron chi connectivity index (χ4n) is 0.627. The van der Waals surface area contributed by atoms with E-state index in [-0.39, 0.29) is 13.2 Å². The van der Waals surface area contributed by atoms with Crippen LogP contribution < -0.4 is 0 Å². The van der Waals surface area contributed by atoms with Crippen molar-refractivity contribution in [2.75, 3.05) is 13.2 Å². The first kappa shape index (κ1) is 8.66. The predicted molar refractivity (Wildman–Crippen MR) is 37.1 cm³/mol. The summed E-state index contributed by atoms with van der Waals surface area (Å²) >= 11 is 0. The van der Waals surface area contributed by atoms with Crippen molar-refractivity contribution in [1.82, 2.24) is 0 Å². The Morgan fingerprint density at radius 2 is 1.78 bits per heavy atom. The number of aliphatic hydroxyl groups is 2. The molecule has 0 saturated carbocycles. The van der Waals surface area contributed by atoms with Gasteiger partial charge in [-0.25, -0.2) is 0 Å². The molecule has 0 radical (unpaired) electrons. The fourth-order valence-corrected chi connectivity index (χ4v) is 0.627. The third-order valence-electron chi connectivity index (χ3n) is 0.975. The Balaban J connectivity index is 3.75. The summed E-state index contributed by atoms with van der Waals surface area (Å²) in [5.41, 5.74) is 0.699. The van der Waals surface area contributed by atoms with Gasteiger partial charge in [0, 0.05) is 0 Å². The van der Waals surface area contributed by atoms with Crippen LogP contribution in [0.25, 0.3) is 0 Å². The zero-order valence-electron chi connectivity index (χ0n) is 5.96. The highest BCUT2D eigenvalue weighted by Gasteiger charge is 1.92. The molecule has 0 aliphatic carbocycles. The SMILES string of the molecule is CC(C)C=C(CO)CO. The predicted octanol–water partition coefficient (Wildman–Crippen LogP) is 0.553. The molecule has 0 spiro atoms. The third-order valence-corrected chi connectivity index (χ3v) is 0.975. The molecule has 0 amide bonds. The average molecular weight is 130 g/mol. The molecule has 0 saturated heterocycles. The Bertz CT molecular complexity index is 89.1. The van der Waals surface area contributed by atoms with E-state index in [0.717, 1.165) is 0 Å². The lowest BCUT2D eigenvalue weighted by atomic mass is 10.1. The van der Waals surface area contributed by atoms with Crippen LogP contribution in [-0.4, -0.2) is 23.4 Å². The van der Waals surface area contributed by atoms with E-state index in [0.29, 0.717) is 11.5 Å². The second kappa shape index (κ2) is 4.53. The van der Waals surface area contributed by atoms with E-state index in [4.69, 9.17) is 10.2 Å². The Morgan fingerprint density at radius 3 is 1.89 bits per heavy atom. The molecule has 54 valence electrons. The molecule has 0 fully saturated rings. The Labute approximate surface area is 55.8 Å². The van der Waals surface area contributed by atoms with Crippen molar-refractivity contribution >= 4 is 0 Å². The van der Waals surface area contributed by atoms with Gasteiger partial charge in [0.2, 0.25) is 0 Å². The van der Waals surface area contributed by atoms with Crippen LogP contribution in [-0.2, 0) is 0 Å². The number of allylic oxidation sites excluding steroid dienone is 1. The maximum atomic E-state index is 8.55. The first-order valence-electron chi connectivity index (χ1n) is 3.12. The maximum absolute atomic E-state index is 8.55. The molecule has 2 heteroatoms. The van der Waals surface area contributed by atoms with Crippen LogP contribution in [0.1, 0.15) is 13.8 Å². The summed E-state index contributed by atoms with van der Waals surface area (Å²) in [5.74, 6) is 0.402. The Morgan fingerprint density at radius 1 is 1.33 bits per heavy atom. The third kappa shape index (κ3) is 4.18. The summed E-state index contributed by atoms with van der Waals surface area (Å²) in [6.07, 6.45) is 1.86. The monoisotopic (exact) mass is 130 g/mol. The van der Waals surface area contributed by atoms with Gasteiger partial charge in [-0.05, 0) is 11.5 Å². The summed E-state index contributed by atoms with van der Waals surface area (Å²) in [6, 6.07) is 0. The van der Waals surface area contributed by atoms with Crippen molar-refractivity contribution in [3.63, 3.8) is 0 Å². The van der Waals surface area contributed by atoms with Gasteiger partial charge in [0.25, 0.3) is 0 Å². The van der Waals surface area contributed by atoms with Crippen LogP contribution in [0.4, 0.5) is 0 Å². The van der Waals surface area contributed by atoms with E-state index in [1.165, 1.54) is 0 Å². The molecule has 0 aliphatic rings. The van der Waals surface area contributed by atoms with E-state index in [2.05, 4.69) is 0 Å². The molecule has 0 aliphatic heterocycles. The van der Waals surface area contributed by atoms with Crippen LogP contribution in [0.15, 0.2) is 11.6 Å². The smallest absolute Gasteiger partial charge is 0.0663 e. The summed E-state index contributed by atoms with van der Waals surface area (Å²) in [6.45, 7) is 3.94. The molecule has 9 heavy (non-hydrogen) atoms. The summed E-state index contributed by atoms with van der Waals surface area (Å²) in [5, 5.41) is 17.1. The number of hydrogen-bond donors (Lipinski definition) is 2. The van der Waals surface area contributed by atoms with Crippen LogP contribution in [0.3, 0.4) is 0 Å². The van der Waals surface area contributed by atoms with Crippen LogP contribution >= 0.6 is 0 Å². The van der Waals surface area contributed by atoms with Crippen molar-refractivity contribution in [2.45, 2.75) is 13.8 Å². The number of hydrogen-bond acceptors (Lipinski definition) is 2. The zero-order chi connectivity index (χ0) is 7.28. The topological polar surface area (TPSA) is 40.5 Å². The van der Waals surface area contributed by atoms with Gasteiger partial charge in [0.05, 0.1) is 13.2 Å². The Kier molecular flexibility index (Phi) is 4.36. The summed E-state index contributed by atoms with van der Waals surface area (Å²) in [4.78, 5) is 0. The van der Waals surface area contributed by atoms with Crippen molar-refractivity contribution in [3.05, 3.63) is 11.6 Å². The summed E-state index contributed by atoms with van der Waals surface area (Å²) < 4.78 is 0. The molecule has 0 aromatic rings. The highest BCUT2D eigenvalue weighted by Crippen LogP contribution is 1.99. The van der Waals surface area contributed by atoms with Gasteiger partial charge in [-0.2, -0.15) is 0 Å². The van der Waals surface area contributed by atoms with Crippen molar-refractivity contribution in [2.24, 2.45) is 5.92 Å². The first-order chi connectivity index (χ1) is 4.20. The minimum absolute atomic E-state index is 0.0331. The van der Waals surface area contributed by atoms with Gasteiger partial charge in [-0.15, -0.1) is 0 Å². The average Bonchev–Trinajstić information content (AvgIpc) is 1.82.